The van der Waals surface area contributed by atoms with Gasteiger partial charge in [0.05, 0.1) is 10.6 Å². The summed E-state index contributed by atoms with van der Waals surface area (Å²) in [4.78, 5) is 26.9. The number of benzene rings is 1. The highest BCUT2D eigenvalue weighted by Crippen LogP contribution is 2.39. The Balaban J connectivity index is 1.38. The summed E-state index contributed by atoms with van der Waals surface area (Å²) in [6, 6.07) is 5.26. The monoisotopic (exact) mass is 432 g/mol. The van der Waals surface area contributed by atoms with Gasteiger partial charge in [-0.3, -0.25) is 9.59 Å². The van der Waals surface area contributed by atoms with Crippen LogP contribution in [0, 0.1) is 11.8 Å². The Morgan fingerprint density at radius 1 is 1.07 bits per heavy atom. The van der Waals surface area contributed by atoms with Crippen molar-refractivity contribution < 1.29 is 18.0 Å². The summed E-state index contributed by atoms with van der Waals surface area (Å²) in [6.07, 6.45) is 6.70. The maximum atomic E-state index is 12.8. The molecule has 3 aliphatic rings. The first kappa shape index (κ1) is 21.3. The zero-order chi connectivity index (χ0) is 21.5. The van der Waals surface area contributed by atoms with Gasteiger partial charge in [-0.05, 0) is 81.5 Å². The summed E-state index contributed by atoms with van der Waals surface area (Å²) >= 11 is 0. The maximum absolute atomic E-state index is 12.8. The number of carbonyl (C=O) groups excluding carboxylic acids is 2. The number of fused-ring (bicyclic) bond motifs is 1. The van der Waals surface area contributed by atoms with Crippen LogP contribution in [-0.4, -0.2) is 38.1 Å². The van der Waals surface area contributed by atoms with Crippen LogP contribution in [0.15, 0.2) is 23.1 Å². The van der Waals surface area contributed by atoms with Gasteiger partial charge in [-0.25, -0.2) is 8.42 Å². The predicted octanol–water partition coefficient (Wildman–Crippen LogP) is 3.23. The lowest BCUT2D eigenvalue weighted by atomic mass is 9.87. The van der Waals surface area contributed by atoms with Crippen molar-refractivity contribution >= 4 is 27.3 Å². The molecule has 2 saturated carbocycles. The second-order valence-corrected chi connectivity index (χ2v) is 11.5. The van der Waals surface area contributed by atoms with Crippen LogP contribution in [0.5, 0.6) is 0 Å². The molecule has 164 valence electrons. The van der Waals surface area contributed by atoms with E-state index in [2.05, 4.69) is 12.2 Å². The molecule has 2 aliphatic carbocycles. The zero-order valence-corrected chi connectivity index (χ0v) is 18.7. The van der Waals surface area contributed by atoms with Gasteiger partial charge in [-0.15, -0.1) is 0 Å². The molecule has 30 heavy (non-hydrogen) atoms. The summed E-state index contributed by atoms with van der Waals surface area (Å²) < 4.78 is 25.7. The SMILES string of the molecule is CC1CCC(NC(=O)CCS(=O)(=O)c2ccc3c(c2)C[C@@H](C)N3C(=O)C2CC2)CC1. The maximum Gasteiger partial charge on any atom is 0.230 e. The van der Waals surface area contributed by atoms with Crippen LogP contribution in [-0.2, 0) is 25.8 Å². The van der Waals surface area contributed by atoms with Crippen molar-refractivity contribution in [1.29, 1.82) is 0 Å². The van der Waals surface area contributed by atoms with Crippen LogP contribution in [0.1, 0.15) is 64.4 Å². The summed E-state index contributed by atoms with van der Waals surface area (Å²) in [7, 11) is -3.55. The fourth-order valence-electron chi connectivity index (χ4n) is 4.71. The minimum atomic E-state index is -3.55. The van der Waals surface area contributed by atoms with Gasteiger partial charge >= 0.3 is 0 Å². The van der Waals surface area contributed by atoms with E-state index in [1.165, 1.54) is 0 Å². The lowest BCUT2D eigenvalue weighted by Crippen LogP contribution is -2.38. The molecule has 1 atom stereocenters. The second kappa shape index (κ2) is 8.33. The molecule has 1 N–H and O–H groups in total. The summed E-state index contributed by atoms with van der Waals surface area (Å²) in [5.74, 6) is 0.616. The highest BCUT2D eigenvalue weighted by molar-refractivity contribution is 7.91. The van der Waals surface area contributed by atoms with Crippen molar-refractivity contribution in [2.45, 2.75) is 82.2 Å². The van der Waals surface area contributed by atoms with Gasteiger partial charge in [0, 0.05) is 30.1 Å². The number of hydrogen-bond acceptors (Lipinski definition) is 4. The molecule has 1 aliphatic heterocycles. The van der Waals surface area contributed by atoms with Crippen molar-refractivity contribution in [2.75, 3.05) is 10.7 Å². The Bertz CT molecular complexity index is 931. The highest BCUT2D eigenvalue weighted by Gasteiger charge is 2.39. The van der Waals surface area contributed by atoms with E-state index >= 15 is 0 Å². The topological polar surface area (TPSA) is 83.6 Å². The first-order valence-electron chi connectivity index (χ1n) is 11.2. The Morgan fingerprint density at radius 3 is 2.43 bits per heavy atom. The van der Waals surface area contributed by atoms with Crippen LogP contribution < -0.4 is 10.2 Å². The number of hydrogen-bond donors (Lipinski definition) is 1. The zero-order valence-electron chi connectivity index (χ0n) is 17.9. The highest BCUT2D eigenvalue weighted by atomic mass is 32.2. The van der Waals surface area contributed by atoms with Crippen molar-refractivity contribution in [3.05, 3.63) is 23.8 Å². The normalized spacial score (nSPS) is 26.3. The lowest BCUT2D eigenvalue weighted by Gasteiger charge is -2.26. The predicted molar refractivity (Wildman–Crippen MR) is 116 cm³/mol. The molecule has 0 radical (unpaired) electrons. The van der Waals surface area contributed by atoms with Crippen molar-refractivity contribution in [3.63, 3.8) is 0 Å². The Kier molecular flexibility index (Phi) is 5.93. The third-order valence-electron chi connectivity index (χ3n) is 6.77. The van der Waals surface area contributed by atoms with Crippen molar-refractivity contribution in [1.82, 2.24) is 5.32 Å². The molecule has 6 nitrogen and oxygen atoms in total. The molecule has 2 amide bonds. The van der Waals surface area contributed by atoms with E-state index < -0.39 is 9.84 Å². The molecule has 0 unspecified atom stereocenters. The van der Waals surface area contributed by atoms with E-state index in [0.29, 0.717) is 12.3 Å². The third-order valence-corrected chi connectivity index (χ3v) is 8.48. The number of carbonyl (C=O) groups is 2. The standard InChI is InChI=1S/C23H32N2O4S/c1-15-3-7-19(8-4-15)24-22(26)11-12-30(28,29)20-9-10-21-18(14-20)13-16(2)25(21)23(27)17-5-6-17/h9-10,14-17,19H,3-8,11-13H2,1-2H3,(H,24,26)/t15?,16-,19?/m1/s1. The van der Waals surface area contributed by atoms with Crippen LogP contribution in [0.2, 0.25) is 0 Å². The Morgan fingerprint density at radius 2 is 1.77 bits per heavy atom. The van der Waals surface area contributed by atoms with Gasteiger partial charge < -0.3 is 10.2 Å². The summed E-state index contributed by atoms with van der Waals surface area (Å²) in [5.41, 5.74) is 1.74. The van der Waals surface area contributed by atoms with Gasteiger partial charge in [0.15, 0.2) is 9.84 Å². The Labute approximate surface area is 179 Å². The molecule has 0 saturated heterocycles. The van der Waals surface area contributed by atoms with Gasteiger partial charge in [-0.1, -0.05) is 6.92 Å². The van der Waals surface area contributed by atoms with E-state index in [4.69, 9.17) is 0 Å². The number of nitrogens with zero attached hydrogens (tertiary/aromatic N) is 1. The summed E-state index contributed by atoms with van der Waals surface area (Å²) in [5, 5.41) is 3.00. The molecule has 0 aromatic heterocycles. The van der Waals surface area contributed by atoms with Crippen LogP contribution in [0.4, 0.5) is 5.69 Å². The van der Waals surface area contributed by atoms with Crippen molar-refractivity contribution in [3.8, 4) is 0 Å². The molecule has 7 heteroatoms. The molecule has 0 spiro atoms. The van der Waals surface area contributed by atoms with Gasteiger partial charge in [0.25, 0.3) is 0 Å². The third kappa shape index (κ3) is 4.56. The fourth-order valence-corrected chi connectivity index (χ4v) is 6.00. The number of amides is 2. The number of sulfone groups is 1. The molecule has 0 bridgehead atoms. The lowest BCUT2D eigenvalue weighted by molar-refractivity contribution is -0.122. The van der Waals surface area contributed by atoms with Gasteiger partial charge in [0.2, 0.25) is 11.8 Å². The first-order chi connectivity index (χ1) is 14.2. The van der Waals surface area contributed by atoms with E-state index in [9.17, 15) is 18.0 Å². The van der Waals surface area contributed by atoms with E-state index in [-0.39, 0.29) is 46.9 Å². The minimum Gasteiger partial charge on any atom is -0.353 e. The average Bonchev–Trinajstić information content (AvgIpc) is 3.50. The first-order valence-corrected chi connectivity index (χ1v) is 12.9. The fraction of sp³-hybridized carbons (Fsp3) is 0.652. The van der Waals surface area contributed by atoms with E-state index in [1.807, 2.05) is 11.8 Å². The smallest absolute Gasteiger partial charge is 0.230 e. The largest absolute Gasteiger partial charge is 0.353 e. The van der Waals surface area contributed by atoms with Crippen LogP contribution in [0.25, 0.3) is 0 Å². The Hall–Kier alpha value is -1.89. The average molecular weight is 433 g/mol. The van der Waals surface area contributed by atoms with Gasteiger partial charge in [0.1, 0.15) is 0 Å². The van der Waals surface area contributed by atoms with E-state index in [0.717, 1.165) is 49.8 Å². The van der Waals surface area contributed by atoms with Gasteiger partial charge in [-0.2, -0.15) is 0 Å². The van der Waals surface area contributed by atoms with Crippen molar-refractivity contribution in [2.24, 2.45) is 11.8 Å². The molecule has 2 fully saturated rings. The van der Waals surface area contributed by atoms with Crippen LogP contribution >= 0.6 is 0 Å². The quantitative estimate of drug-likeness (QED) is 0.748. The minimum absolute atomic E-state index is 0.0197. The van der Waals surface area contributed by atoms with E-state index in [1.54, 1.807) is 18.2 Å². The summed E-state index contributed by atoms with van der Waals surface area (Å²) in [6.45, 7) is 4.23. The molecule has 1 aromatic carbocycles. The second-order valence-electron chi connectivity index (χ2n) is 9.42. The molecule has 4 rings (SSSR count). The van der Waals surface area contributed by atoms with Crippen LogP contribution in [0.3, 0.4) is 0 Å². The molecular weight excluding hydrogens is 400 g/mol. The molecule has 1 aromatic rings. The number of anilines is 1. The molecule has 1 heterocycles. The molecular formula is C23H32N2O4S. The number of nitrogens with one attached hydrogen (secondary N) is 1. The number of rotatable bonds is 6.